The van der Waals surface area contributed by atoms with Crippen LogP contribution in [0.3, 0.4) is 0 Å². The quantitative estimate of drug-likeness (QED) is 0.457. The molecule has 2 aromatic rings. The normalized spacial score (nSPS) is 10.6. The average Bonchev–Trinajstić information content (AvgIpc) is 2.64. The van der Waals surface area contributed by atoms with Gasteiger partial charge in [0.05, 0.1) is 23.8 Å². The molecule has 0 aliphatic heterocycles. The van der Waals surface area contributed by atoms with Crippen LogP contribution >= 0.6 is 15.9 Å². The first kappa shape index (κ1) is 20.4. The summed E-state index contributed by atoms with van der Waals surface area (Å²) in [4.78, 5) is 23.6. The van der Waals surface area contributed by atoms with Gasteiger partial charge < -0.3 is 15.2 Å². The van der Waals surface area contributed by atoms with Crippen molar-refractivity contribution in [2.24, 2.45) is 5.10 Å². The van der Waals surface area contributed by atoms with Gasteiger partial charge in [0, 0.05) is 5.56 Å². The average molecular weight is 438 g/mol. The first-order chi connectivity index (χ1) is 12.9. The van der Waals surface area contributed by atoms with Gasteiger partial charge in [0.25, 0.3) is 11.8 Å². The first-order valence-corrected chi connectivity index (χ1v) is 8.71. The Balaban J connectivity index is 1.89. The number of carbonyl (C=O) groups excluding carboxylic acids is 2. The number of aromatic hydroxyl groups is 1. The highest BCUT2D eigenvalue weighted by atomic mass is 79.9. The fourth-order valence-corrected chi connectivity index (χ4v) is 2.50. The highest BCUT2D eigenvalue weighted by molar-refractivity contribution is 9.10. The fraction of sp³-hybridized carbons (Fsp3) is 0.167. The van der Waals surface area contributed by atoms with Crippen LogP contribution < -0.4 is 15.5 Å². The van der Waals surface area contributed by atoms with Crippen LogP contribution in [0.4, 0.5) is 4.39 Å². The highest BCUT2D eigenvalue weighted by Gasteiger charge is 2.09. The third kappa shape index (κ3) is 6.07. The Bertz CT molecular complexity index is 874. The van der Waals surface area contributed by atoms with Crippen molar-refractivity contribution in [2.45, 2.75) is 6.92 Å². The number of rotatable bonds is 7. The van der Waals surface area contributed by atoms with Gasteiger partial charge in [-0.3, -0.25) is 9.59 Å². The maximum atomic E-state index is 13.1. The van der Waals surface area contributed by atoms with Crippen LogP contribution in [0.5, 0.6) is 11.5 Å². The molecule has 0 spiro atoms. The van der Waals surface area contributed by atoms with E-state index in [1.165, 1.54) is 24.4 Å². The van der Waals surface area contributed by atoms with E-state index >= 15 is 0 Å². The molecule has 27 heavy (non-hydrogen) atoms. The van der Waals surface area contributed by atoms with Gasteiger partial charge in [0.1, 0.15) is 5.82 Å². The Morgan fingerprint density at radius 1 is 1.33 bits per heavy atom. The molecule has 0 atom stereocenters. The van der Waals surface area contributed by atoms with Crippen molar-refractivity contribution in [1.82, 2.24) is 10.7 Å². The minimum absolute atomic E-state index is 0.0295. The lowest BCUT2D eigenvalue weighted by Gasteiger charge is -2.08. The molecular formula is C18H17BrFN3O4. The molecule has 142 valence electrons. The molecule has 0 aliphatic carbocycles. The zero-order chi connectivity index (χ0) is 19.8. The minimum Gasteiger partial charge on any atom is -0.503 e. The number of hydrogen-bond acceptors (Lipinski definition) is 5. The molecule has 2 rings (SSSR count). The number of carbonyl (C=O) groups is 2. The Kier molecular flexibility index (Phi) is 7.30. The number of nitrogens with one attached hydrogen (secondary N) is 2. The van der Waals surface area contributed by atoms with Crippen LogP contribution in [0, 0.1) is 5.82 Å². The first-order valence-electron chi connectivity index (χ1n) is 7.91. The smallest absolute Gasteiger partial charge is 0.259 e. The van der Waals surface area contributed by atoms with Crippen molar-refractivity contribution in [2.75, 3.05) is 13.2 Å². The van der Waals surface area contributed by atoms with E-state index in [-0.39, 0.29) is 23.6 Å². The van der Waals surface area contributed by atoms with E-state index in [2.05, 4.69) is 31.8 Å². The van der Waals surface area contributed by atoms with Crippen LogP contribution in [-0.4, -0.2) is 36.3 Å². The van der Waals surface area contributed by atoms with Crippen molar-refractivity contribution in [3.05, 3.63) is 57.8 Å². The van der Waals surface area contributed by atoms with Gasteiger partial charge in [0.2, 0.25) is 0 Å². The van der Waals surface area contributed by atoms with Crippen molar-refractivity contribution in [1.29, 1.82) is 0 Å². The molecular weight excluding hydrogens is 421 g/mol. The lowest BCUT2D eigenvalue weighted by atomic mass is 10.2. The lowest BCUT2D eigenvalue weighted by Crippen LogP contribution is -2.34. The molecule has 2 aromatic carbocycles. The molecule has 0 fully saturated rings. The third-order valence-corrected chi connectivity index (χ3v) is 3.85. The molecule has 2 amide bonds. The number of nitrogens with zero attached hydrogens (tertiary/aromatic N) is 1. The van der Waals surface area contributed by atoms with Gasteiger partial charge >= 0.3 is 0 Å². The summed E-state index contributed by atoms with van der Waals surface area (Å²) in [7, 11) is 0. The monoisotopic (exact) mass is 437 g/mol. The summed E-state index contributed by atoms with van der Waals surface area (Å²) in [5.41, 5.74) is 2.95. The predicted octanol–water partition coefficient (Wildman–Crippen LogP) is 2.57. The third-order valence-electron chi connectivity index (χ3n) is 3.25. The SMILES string of the molecule is CCOc1cc(/C=N\NC(=O)CNC(=O)c2cccc(F)c2)cc(Br)c1O. The van der Waals surface area contributed by atoms with E-state index in [9.17, 15) is 19.1 Å². The van der Waals surface area contributed by atoms with Crippen molar-refractivity contribution in [3.8, 4) is 11.5 Å². The lowest BCUT2D eigenvalue weighted by molar-refractivity contribution is -0.120. The van der Waals surface area contributed by atoms with Gasteiger partial charge in [-0.05, 0) is 58.7 Å². The zero-order valence-corrected chi connectivity index (χ0v) is 15.9. The standard InChI is InChI=1S/C18H17BrFN3O4/c1-2-27-15-7-11(6-14(19)17(15)25)9-22-23-16(24)10-21-18(26)12-4-3-5-13(20)8-12/h3-9,25H,2,10H2,1H3,(H,21,26)(H,23,24)/b22-9-. The van der Waals surface area contributed by atoms with E-state index in [1.54, 1.807) is 19.1 Å². The summed E-state index contributed by atoms with van der Waals surface area (Å²) >= 11 is 3.20. The second kappa shape index (κ2) is 9.67. The topological polar surface area (TPSA) is 100 Å². The molecule has 0 saturated carbocycles. The van der Waals surface area contributed by atoms with Gasteiger partial charge in [-0.1, -0.05) is 6.07 Å². The number of phenols is 1. The van der Waals surface area contributed by atoms with Crippen molar-refractivity contribution < 1.29 is 23.8 Å². The van der Waals surface area contributed by atoms with Gasteiger partial charge in [0.15, 0.2) is 11.5 Å². The summed E-state index contributed by atoms with van der Waals surface area (Å²) in [6.07, 6.45) is 1.36. The predicted molar refractivity (Wildman–Crippen MR) is 101 cm³/mol. The van der Waals surface area contributed by atoms with Crippen LogP contribution in [0.25, 0.3) is 0 Å². The second-order valence-corrected chi connectivity index (χ2v) is 6.12. The van der Waals surface area contributed by atoms with E-state index in [4.69, 9.17) is 4.74 Å². The Labute approximate surface area is 163 Å². The largest absolute Gasteiger partial charge is 0.503 e. The second-order valence-electron chi connectivity index (χ2n) is 5.27. The summed E-state index contributed by atoms with van der Waals surface area (Å²) in [6.45, 7) is 1.84. The summed E-state index contributed by atoms with van der Waals surface area (Å²) in [5, 5.41) is 16.0. The Hall–Kier alpha value is -2.94. The molecule has 0 aromatic heterocycles. The summed E-state index contributed by atoms with van der Waals surface area (Å²) < 4.78 is 18.8. The minimum atomic E-state index is -0.572. The fourth-order valence-electron chi connectivity index (χ4n) is 2.04. The maximum absolute atomic E-state index is 13.1. The molecule has 0 heterocycles. The molecule has 0 aliphatic rings. The molecule has 9 heteroatoms. The van der Waals surface area contributed by atoms with E-state index in [0.717, 1.165) is 6.07 Å². The number of amides is 2. The van der Waals surface area contributed by atoms with Crippen LogP contribution in [-0.2, 0) is 4.79 Å². The molecule has 7 nitrogen and oxygen atoms in total. The Morgan fingerprint density at radius 2 is 2.11 bits per heavy atom. The van der Waals surface area contributed by atoms with Crippen LogP contribution in [0.1, 0.15) is 22.8 Å². The van der Waals surface area contributed by atoms with E-state index in [1.807, 2.05) is 0 Å². The van der Waals surface area contributed by atoms with Crippen LogP contribution in [0.2, 0.25) is 0 Å². The van der Waals surface area contributed by atoms with E-state index in [0.29, 0.717) is 16.6 Å². The molecule has 0 bridgehead atoms. The van der Waals surface area contributed by atoms with Gasteiger partial charge in [-0.2, -0.15) is 5.10 Å². The molecule has 3 N–H and O–H groups in total. The highest BCUT2D eigenvalue weighted by Crippen LogP contribution is 2.34. The molecule has 0 saturated heterocycles. The molecule has 0 radical (unpaired) electrons. The summed E-state index contributed by atoms with van der Waals surface area (Å²) in [5.74, 6) is -1.42. The summed E-state index contributed by atoms with van der Waals surface area (Å²) in [6, 6.07) is 8.29. The number of halogens is 2. The van der Waals surface area contributed by atoms with Gasteiger partial charge in [-0.15, -0.1) is 0 Å². The number of ether oxygens (including phenoxy) is 1. The van der Waals surface area contributed by atoms with Gasteiger partial charge in [-0.25, -0.2) is 9.82 Å². The number of hydrogen-bond donors (Lipinski definition) is 3. The van der Waals surface area contributed by atoms with Crippen LogP contribution in [0.15, 0.2) is 46.0 Å². The number of phenolic OH excluding ortho intramolecular Hbond substituents is 1. The zero-order valence-electron chi connectivity index (χ0n) is 14.3. The number of hydrazone groups is 1. The van der Waals surface area contributed by atoms with Crippen molar-refractivity contribution in [3.63, 3.8) is 0 Å². The van der Waals surface area contributed by atoms with E-state index < -0.39 is 17.6 Å². The number of benzene rings is 2. The van der Waals surface area contributed by atoms with Crippen molar-refractivity contribution >= 4 is 34.0 Å². The Morgan fingerprint density at radius 3 is 2.81 bits per heavy atom. The maximum Gasteiger partial charge on any atom is 0.259 e. The molecule has 0 unspecified atom stereocenters.